The van der Waals surface area contributed by atoms with Crippen LogP contribution in [0, 0.1) is 0 Å². The molecule has 0 spiro atoms. The molecule has 0 aliphatic heterocycles. The first-order valence-electron chi connectivity index (χ1n) is 2.58. The Morgan fingerprint density at radius 1 is 1.70 bits per heavy atom. The summed E-state index contributed by atoms with van der Waals surface area (Å²) >= 11 is 0. The quantitative estimate of drug-likeness (QED) is 0.473. The van der Waals surface area contributed by atoms with Gasteiger partial charge in [0.2, 0.25) is 0 Å². The minimum absolute atomic E-state index is 0.314. The largest absolute Gasteiger partial charge is 0.375 e. The van der Waals surface area contributed by atoms with Crippen molar-refractivity contribution in [3.63, 3.8) is 0 Å². The first-order valence-corrected chi connectivity index (χ1v) is 2.58. The Hall–Kier alpha value is -1.43. The van der Waals surface area contributed by atoms with Gasteiger partial charge in [0, 0.05) is 0 Å². The molecule has 0 aromatic carbocycles. The Bertz CT molecular complexity index is 257. The van der Waals surface area contributed by atoms with E-state index in [1.54, 1.807) is 0 Å². The van der Waals surface area contributed by atoms with Gasteiger partial charge in [0.05, 0.1) is 0 Å². The van der Waals surface area contributed by atoms with Crippen LogP contribution < -0.4 is 11.0 Å². The van der Waals surface area contributed by atoms with Gasteiger partial charge in [-0.1, -0.05) is 0 Å². The first kappa shape index (κ1) is 6.69. The van der Waals surface area contributed by atoms with Gasteiger partial charge in [-0.25, -0.2) is 4.68 Å². The van der Waals surface area contributed by atoms with Gasteiger partial charge < -0.3 is 5.11 Å². The van der Waals surface area contributed by atoms with Crippen molar-refractivity contribution in [2.45, 2.75) is 0 Å². The number of nitrogens with zero attached hydrogens (tertiary/aromatic N) is 3. The van der Waals surface area contributed by atoms with E-state index in [9.17, 15) is 4.79 Å². The second kappa shape index (κ2) is 2.92. The normalized spacial score (nSPS) is 9.30. The number of hydrogen-bond donors (Lipinski definition) is 2. The van der Waals surface area contributed by atoms with Crippen LogP contribution >= 0.6 is 0 Å². The minimum Gasteiger partial charge on any atom is -0.375 e. The molecule has 0 amide bonds. The highest BCUT2D eigenvalue weighted by Gasteiger charge is 1.89. The van der Waals surface area contributed by atoms with Gasteiger partial charge in [0.1, 0.15) is 19.3 Å². The molecule has 54 valence electrons. The Balaban J connectivity index is 2.92. The topological polar surface area (TPSA) is 80.0 Å². The molecule has 6 heteroatoms. The van der Waals surface area contributed by atoms with E-state index in [0.29, 0.717) is 0 Å². The van der Waals surface area contributed by atoms with Crippen LogP contribution in [0.2, 0.25) is 0 Å². The zero-order chi connectivity index (χ0) is 7.40. The fourth-order valence-corrected chi connectivity index (χ4v) is 0.478. The Morgan fingerprint density at radius 3 is 3.10 bits per heavy atom. The molecule has 0 aliphatic rings. The summed E-state index contributed by atoms with van der Waals surface area (Å²) in [5.41, 5.74) is 1.98. The third-order valence-corrected chi connectivity index (χ3v) is 0.880. The van der Waals surface area contributed by atoms with Crippen LogP contribution in [0.4, 0.5) is 0 Å². The van der Waals surface area contributed by atoms with Crippen LogP contribution in [-0.4, -0.2) is 26.7 Å². The molecular formula is C4H6N4O2. The van der Waals surface area contributed by atoms with Gasteiger partial charge >= 0.3 is 0 Å². The third-order valence-electron chi connectivity index (χ3n) is 0.880. The van der Waals surface area contributed by atoms with Crippen LogP contribution in [-0.2, 0) is 0 Å². The van der Waals surface area contributed by atoms with Crippen molar-refractivity contribution >= 4 is 0 Å². The van der Waals surface area contributed by atoms with Gasteiger partial charge in [-0.2, -0.15) is 5.10 Å². The average Bonchev–Trinajstić information content (AvgIpc) is 1.94. The summed E-state index contributed by atoms with van der Waals surface area (Å²) in [6.45, 7) is -0.314. The molecule has 0 saturated heterocycles. The van der Waals surface area contributed by atoms with E-state index in [1.165, 1.54) is 6.33 Å². The van der Waals surface area contributed by atoms with Gasteiger partial charge in [0.15, 0.2) is 0 Å². The van der Waals surface area contributed by atoms with E-state index in [2.05, 4.69) is 15.6 Å². The molecule has 0 atom stereocenters. The molecule has 1 aromatic rings. The van der Waals surface area contributed by atoms with Crippen molar-refractivity contribution in [1.29, 1.82) is 0 Å². The van der Waals surface area contributed by atoms with E-state index < -0.39 is 0 Å². The number of aliphatic hydroxyl groups excluding tert-OH is 1. The summed E-state index contributed by atoms with van der Waals surface area (Å²) in [5.74, 6) is 0. The molecule has 1 heterocycles. The number of aromatic nitrogens is 3. The maximum absolute atomic E-state index is 10.7. The van der Waals surface area contributed by atoms with E-state index in [0.717, 1.165) is 10.9 Å². The van der Waals surface area contributed by atoms with Gasteiger partial charge in [-0.15, -0.1) is 5.10 Å². The molecule has 2 N–H and O–H groups in total. The summed E-state index contributed by atoms with van der Waals surface area (Å²) in [6.07, 6.45) is 2.22. The fraction of sp³-hybridized carbons (Fsp3) is 0.250. The van der Waals surface area contributed by atoms with Crippen LogP contribution in [0.1, 0.15) is 0 Å². The number of rotatable bonds is 2. The Labute approximate surface area is 56.1 Å². The van der Waals surface area contributed by atoms with E-state index in [-0.39, 0.29) is 12.3 Å². The lowest BCUT2D eigenvalue weighted by Crippen LogP contribution is -2.29. The van der Waals surface area contributed by atoms with Crippen molar-refractivity contribution in [1.82, 2.24) is 14.9 Å². The number of nitrogens with one attached hydrogen (secondary N) is 1. The lowest BCUT2D eigenvalue weighted by atomic mass is 10.8. The van der Waals surface area contributed by atoms with Crippen LogP contribution in [0.5, 0.6) is 0 Å². The predicted molar refractivity (Wildman–Crippen MR) is 32.7 cm³/mol. The summed E-state index contributed by atoms with van der Waals surface area (Å²) in [5, 5.41) is 15.1. The molecule has 0 aliphatic carbocycles. The molecule has 1 rings (SSSR count). The monoisotopic (exact) mass is 142 g/mol. The zero-order valence-electron chi connectivity index (χ0n) is 5.06. The summed E-state index contributed by atoms with van der Waals surface area (Å²) in [7, 11) is 0. The number of hydrogen-bond acceptors (Lipinski definition) is 5. The minimum atomic E-state index is -0.357. The zero-order valence-corrected chi connectivity index (χ0v) is 5.06. The first-order chi connectivity index (χ1) is 4.84. The van der Waals surface area contributed by atoms with Crippen molar-refractivity contribution < 1.29 is 5.11 Å². The van der Waals surface area contributed by atoms with Gasteiger partial charge in [0.25, 0.3) is 5.56 Å². The molecule has 0 bridgehead atoms. The summed E-state index contributed by atoms with van der Waals surface area (Å²) in [4.78, 5) is 10.7. The second-order valence-corrected chi connectivity index (χ2v) is 1.50. The van der Waals surface area contributed by atoms with Gasteiger partial charge in [-0.3, -0.25) is 10.2 Å². The van der Waals surface area contributed by atoms with Crippen LogP contribution in [0.15, 0.2) is 17.3 Å². The smallest absolute Gasteiger partial charge is 0.290 e. The standard InChI is InChI=1S/C4H6N4O2/c9-3-7-8-2-6-5-1-4(8)10/h1-2,7,9H,3H2. The maximum atomic E-state index is 10.7. The highest BCUT2D eigenvalue weighted by atomic mass is 16.3. The Kier molecular flexibility index (Phi) is 1.96. The molecule has 0 fully saturated rings. The highest BCUT2D eigenvalue weighted by molar-refractivity contribution is 4.75. The molecule has 0 unspecified atom stereocenters. The van der Waals surface area contributed by atoms with Crippen LogP contribution in [0.25, 0.3) is 0 Å². The maximum Gasteiger partial charge on any atom is 0.290 e. The second-order valence-electron chi connectivity index (χ2n) is 1.50. The summed E-state index contributed by atoms with van der Waals surface area (Å²) in [6, 6.07) is 0. The van der Waals surface area contributed by atoms with Crippen molar-refractivity contribution in [2.75, 3.05) is 12.2 Å². The molecular weight excluding hydrogens is 136 g/mol. The molecule has 1 aromatic heterocycles. The van der Waals surface area contributed by atoms with E-state index in [4.69, 9.17) is 5.11 Å². The number of aliphatic hydroxyl groups is 1. The van der Waals surface area contributed by atoms with Crippen molar-refractivity contribution in [3.05, 3.63) is 22.9 Å². The van der Waals surface area contributed by atoms with Crippen molar-refractivity contribution in [3.8, 4) is 0 Å². The molecule has 10 heavy (non-hydrogen) atoms. The van der Waals surface area contributed by atoms with Gasteiger partial charge in [-0.05, 0) is 0 Å². The van der Waals surface area contributed by atoms with E-state index >= 15 is 0 Å². The predicted octanol–water partition coefficient (Wildman–Crippen LogP) is -1.87. The Morgan fingerprint density at radius 2 is 2.50 bits per heavy atom. The van der Waals surface area contributed by atoms with Crippen LogP contribution in [0.3, 0.4) is 0 Å². The molecule has 0 saturated carbocycles. The highest BCUT2D eigenvalue weighted by Crippen LogP contribution is 1.64. The van der Waals surface area contributed by atoms with Crippen molar-refractivity contribution in [2.24, 2.45) is 0 Å². The lowest BCUT2D eigenvalue weighted by Gasteiger charge is -2.01. The average molecular weight is 142 g/mol. The molecule has 0 radical (unpaired) electrons. The SMILES string of the molecule is O=c1cnncn1NCO. The van der Waals surface area contributed by atoms with E-state index in [1.807, 2.05) is 0 Å². The fourth-order valence-electron chi connectivity index (χ4n) is 0.478. The molecule has 6 nitrogen and oxygen atoms in total. The lowest BCUT2D eigenvalue weighted by molar-refractivity contribution is 0.307. The third kappa shape index (κ3) is 1.29. The summed E-state index contributed by atoms with van der Waals surface area (Å²) < 4.78 is 1.03.